The van der Waals surface area contributed by atoms with Crippen molar-refractivity contribution in [2.45, 2.75) is 34.7 Å². The molecule has 5 rings (SSSR count). The Labute approximate surface area is 186 Å². The topological polar surface area (TPSA) is 69.0 Å². The second kappa shape index (κ2) is 8.44. The number of rotatable bonds is 5. The molecule has 2 aliphatic rings. The van der Waals surface area contributed by atoms with Gasteiger partial charge < -0.3 is 10.2 Å². The molecule has 154 valence electrons. The van der Waals surface area contributed by atoms with Crippen LogP contribution in [0.2, 0.25) is 0 Å². The molecule has 0 radical (unpaired) electrons. The number of amides is 1. The summed E-state index contributed by atoms with van der Waals surface area (Å²) in [6, 6.07) is 20.2. The van der Waals surface area contributed by atoms with E-state index < -0.39 is 0 Å². The number of benzene rings is 2. The summed E-state index contributed by atoms with van der Waals surface area (Å²) in [4.78, 5) is 21.2. The molecule has 2 fully saturated rings. The highest BCUT2D eigenvalue weighted by Crippen LogP contribution is 2.38. The smallest absolute Gasteiger partial charge is 0.251 e. The predicted octanol–water partition coefficient (Wildman–Crippen LogP) is 4.57. The first-order chi connectivity index (χ1) is 15.2. The maximum absolute atomic E-state index is 12.8. The van der Waals surface area contributed by atoms with Gasteiger partial charge in [-0.2, -0.15) is 5.26 Å². The molecule has 1 N–H and O–H groups in total. The normalized spacial score (nSPS) is 21.6. The van der Waals surface area contributed by atoms with Crippen molar-refractivity contribution < 1.29 is 4.79 Å². The fourth-order valence-corrected chi connectivity index (χ4v) is 5.64. The van der Waals surface area contributed by atoms with E-state index in [-0.39, 0.29) is 18.0 Å². The lowest BCUT2D eigenvalue weighted by molar-refractivity contribution is 0.0929. The fourth-order valence-electron chi connectivity index (χ4n) is 4.68. The van der Waals surface area contributed by atoms with Crippen LogP contribution in [0.3, 0.4) is 0 Å². The number of nitrogens with one attached hydrogen (secondary N) is 1. The van der Waals surface area contributed by atoms with Crippen LogP contribution in [0.25, 0.3) is 11.1 Å². The van der Waals surface area contributed by atoms with Gasteiger partial charge in [-0.25, -0.2) is 0 Å². The number of hydrogen-bond donors (Lipinski definition) is 1. The van der Waals surface area contributed by atoms with Crippen LogP contribution in [0.15, 0.2) is 82.8 Å². The summed E-state index contributed by atoms with van der Waals surface area (Å²) in [5.74, 6) is 0.309. The molecule has 1 aliphatic heterocycles. The molecule has 0 spiro atoms. The molecule has 2 bridgehead atoms. The van der Waals surface area contributed by atoms with Crippen molar-refractivity contribution in [2.24, 2.45) is 5.92 Å². The van der Waals surface area contributed by atoms with Gasteiger partial charge in [0.25, 0.3) is 5.91 Å². The van der Waals surface area contributed by atoms with Gasteiger partial charge in [0.15, 0.2) is 6.19 Å². The van der Waals surface area contributed by atoms with Crippen LogP contribution in [0.5, 0.6) is 0 Å². The lowest BCUT2D eigenvalue weighted by Crippen LogP contribution is -2.42. The second-order valence-corrected chi connectivity index (χ2v) is 9.14. The van der Waals surface area contributed by atoms with E-state index in [4.69, 9.17) is 0 Å². The molecule has 1 saturated carbocycles. The summed E-state index contributed by atoms with van der Waals surface area (Å²) in [7, 11) is 0. The molecular formula is C25H22N4OS. The van der Waals surface area contributed by atoms with Crippen LogP contribution in [0.4, 0.5) is 0 Å². The first-order valence-electron chi connectivity index (χ1n) is 10.5. The van der Waals surface area contributed by atoms with Gasteiger partial charge in [-0.15, -0.1) is 0 Å². The summed E-state index contributed by atoms with van der Waals surface area (Å²) in [6.07, 6.45) is 7.99. The zero-order valence-corrected chi connectivity index (χ0v) is 17.8. The number of likely N-dealkylation sites (tertiary alicyclic amines) is 1. The van der Waals surface area contributed by atoms with E-state index in [1.165, 1.54) is 0 Å². The number of nitrogens with zero attached hydrogens (tertiary/aromatic N) is 3. The van der Waals surface area contributed by atoms with Crippen LogP contribution >= 0.6 is 11.8 Å². The number of pyridine rings is 1. The summed E-state index contributed by atoms with van der Waals surface area (Å²) in [5, 5.41) is 12.4. The average Bonchev–Trinajstić information content (AvgIpc) is 3.36. The highest BCUT2D eigenvalue weighted by Gasteiger charge is 2.47. The summed E-state index contributed by atoms with van der Waals surface area (Å²) in [5.41, 5.74) is 2.79. The molecule has 1 saturated heterocycles. The number of nitriles is 1. The third-order valence-corrected chi connectivity index (χ3v) is 7.28. The van der Waals surface area contributed by atoms with Crippen LogP contribution in [0.1, 0.15) is 23.2 Å². The molecule has 1 aromatic heterocycles. The number of carbonyl (C=O) groups excluding carboxylic acids is 1. The highest BCUT2D eigenvalue weighted by molar-refractivity contribution is 7.99. The minimum Gasteiger partial charge on any atom is -0.347 e. The predicted molar refractivity (Wildman–Crippen MR) is 120 cm³/mol. The maximum Gasteiger partial charge on any atom is 0.251 e. The van der Waals surface area contributed by atoms with E-state index in [0.29, 0.717) is 11.5 Å². The second-order valence-electron chi connectivity index (χ2n) is 8.02. The van der Waals surface area contributed by atoms with Crippen LogP contribution < -0.4 is 5.32 Å². The number of aromatic nitrogens is 1. The van der Waals surface area contributed by atoms with Crippen molar-refractivity contribution in [1.82, 2.24) is 15.2 Å². The van der Waals surface area contributed by atoms with E-state index in [1.54, 1.807) is 18.0 Å². The van der Waals surface area contributed by atoms with Gasteiger partial charge in [-0.05, 0) is 60.2 Å². The van der Waals surface area contributed by atoms with Crippen molar-refractivity contribution in [3.63, 3.8) is 0 Å². The third kappa shape index (κ3) is 3.89. The average molecular weight is 427 g/mol. The third-order valence-electron chi connectivity index (χ3n) is 6.23. The molecule has 5 nitrogen and oxygen atoms in total. The van der Waals surface area contributed by atoms with E-state index >= 15 is 0 Å². The highest BCUT2D eigenvalue weighted by atomic mass is 32.2. The van der Waals surface area contributed by atoms with Gasteiger partial charge in [0, 0.05) is 34.3 Å². The lowest BCUT2D eigenvalue weighted by Gasteiger charge is -2.21. The van der Waals surface area contributed by atoms with Crippen molar-refractivity contribution in [2.75, 3.05) is 6.54 Å². The van der Waals surface area contributed by atoms with Crippen molar-refractivity contribution in [1.29, 1.82) is 5.26 Å². The Morgan fingerprint density at radius 1 is 1.10 bits per heavy atom. The summed E-state index contributed by atoms with van der Waals surface area (Å²) < 4.78 is 0. The van der Waals surface area contributed by atoms with Gasteiger partial charge in [-0.1, -0.05) is 42.1 Å². The maximum atomic E-state index is 12.8. The van der Waals surface area contributed by atoms with Gasteiger partial charge in [0.2, 0.25) is 0 Å². The first kappa shape index (κ1) is 19.7. The van der Waals surface area contributed by atoms with Gasteiger partial charge in [0.1, 0.15) is 0 Å². The quantitative estimate of drug-likeness (QED) is 0.605. The Hall–Kier alpha value is -3.30. The zero-order chi connectivity index (χ0) is 21.2. The van der Waals surface area contributed by atoms with Crippen LogP contribution in [-0.4, -0.2) is 34.4 Å². The Balaban J connectivity index is 1.32. The van der Waals surface area contributed by atoms with Gasteiger partial charge >= 0.3 is 0 Å². The Morgan fingerprint density at radius 2 is 1.90 bits per heavy atom. The van der Waals surface area contributed by atoms with Crippen molar-refractivity contribution >= 4 is 17.7 Å². The van der Waals surface area contributed by atoms with Crippen molar-refractivity contribution in [3.8, 4) is 17.3 Å². The molecule has 1 amide bonds. The molecule has 31 heavy (non-hydrogen) atoms. The molecule has 2 heterocycles. The zero-order valence-electron chi connectivity index (χ0n) is 16.9. The number of hydrogen-bond acceptors (Lipinski definition) is 5. The van der Waals surface area contributed by atoms with Gasteiger partial charge in [0.05, 0.1) is 12.1 Å². The number of fused-ring (bicyclic) bond motifs is 2. The molecule has 3 atom stereocenters. The number of carbonyl (C=O) groups is 1. The largest absolute Gasteiger partial charge is 0.347 e. The summed E-state index contributed by atoms with van der Waals surface area (Å²) in [6.45, 7) is 0.759. The monoisotopic (exact) mass is 426 g/mol. The van der Waals surface area contributed by atoms with E-state index in [2.05, 4.69) is 28.6 Å². The lowest BCUT2D eigenvalue weighted by atomic mass is 10.0. The summed E-state index contributed by atoms with van der Waals surface area (Å²) >= 11 is 1.68. The molecule has 6 heteroatoms. The SMILES string of the molecule is N#CN1CC2CCC1[C@@H]2NC(=O)c1ccc(-c2ccncc2Sc2ccccc2)cc1. The first-order valence-corrected chi connectivity index (χ1v) is 11.3. The fraction of sp³-hybridized carbons (Fsp3) is 0.240. The van der Waals surface area contributed by atoms with E-state index in [9.17, 15) is 10.1 Å². The van der Waals surface area contributed by atoms with E-state index in [0.717, 1.165) is 40.3 Å². The van der Waals surface area contributed by atoms with Crippen LogP contribution in [0, 0.1) is 17.4 Å². The molecule has 2 aromatic carbocycles. The van der Waals surface area contributed by atoms with Crippen molar-refractivity contribution in [3.05, 3.63) is 78.6 Å². The minimum absolute atomic E-state index is 0.0677. The van der Waals surface area contributed by atoms with Crippen LogP contribution in [-0.2, 0) is 0 Å². The standard InChI is InChI=1S/C25H22N4OS/c26-16-29-15-19-10-11-22(29)24(19)28-25(30)18-8-6-17(7-9-18)21-12-13-27-14-23(21)31-20-4-2-1-3-5-20/h1-9,12-14,19,22,24H,10-11,15H2,(H,28,30)/t19?,22?,24-/m1/s1. The van der Waals surface area contributed by atoms with E-state index in [1.807, 2.05) is 59.6 Å². The molecule has 2 unspecified atom stereocenters. The van der Waals surface area contributed by atoms with Gasteiger partial charge in [-0.3, -0.25) is 9.78 Å². The molecule has 1 aliphatic carbocycles. The molecular weight excluding hydrogens is 404 g/mol. The number of piperidine rings is 1. The Kier molecular flexibility index (Phi) is 5.35. The molecule has 3 aromatic rings. The minimum atomic E-state index is -0.0677. The Bertz CT molecular complexity index is 1130. The Morgan fingerprint density at radius 3 is 2.65 bits per heavy atom.